The van der Waals surface area contributed by atoms with Gasteiger partial charge in [0.05, 0.1) is 12.0 Å². The quantitative estimate of drug-likeness (QED) is 0.320. The highest BCUT2D eigenvalue weighted by Gasteiger charge is 2.31. The third kappa shape index (κ3) is 6.07. The van der Waals surface area contributed by atoms with Crippen LogP contribution in [0.1, 0.15) is 45.1 Å². The third-order valence-electron chi connectivity index (χ3n) is 4.68. The number of thiocarbonyl (C=S) groups is 1. The molecule has 2 rings (SSSR count). The van der Waals surface area contributed by atoms with Crippen molar-refractivity contribution in [1.82, 2.24) is 9.80 Å². The van der Waals surface area contributed by atoms with Gasteiger partial charge in [-0.2, -0.15) is 0 Å². The van der Waals surface area contributed by atoms with Crippen molar-refractivity contribution in [2.24, 2.45) is 0 Å². The second kappa shape index (κ2) is 11.2. The van der Waals surface area contributed by atoms with E-state index in [1.807, 2.05) is 49.1 Å². The number of hydrogen-bond donors (Lipinski definition) is 0. The molecule has 0 bridgehead atoms. The number of ether oxygens (including phenoxy) is 1. The molecule has 0 aliphatic carbocycles. The zero-order valence-electron chi connectivity index (χ0n) is 16.8. The molecule has 28 heavy (non-hydrogen) atoms. The molecule has 1 aliphatic rings. The lowest BCUT2D eigenvalue weighted by molar-refractivity contribution is -0.131. The van der Waals surface area contributed by atoms with Gasteiger partial charge in [-0.1, -0.05) is 42.5 Å². The minimum absolute atomic E-state index is 0.0370. The molecule has 0 N–H and O–H groups in total. The summed E-state index contributed by atoms with van der Waals surface area (Å²) in [7, 11) is 1.62. The number of carbonyl (C=O) groups excluding carboxylic acids is 2. The first kappa shape index (κ1) is 22.4. The molecule has 0 aromatic heterocycles. The summed E-state index contributed by atoms with van der Waals surface area (Å²) in [5.74, 6) is 0.951. The fourth-order valence-electron chi connectivity index (χ4n) is 3.00. The Labute approximate surface area is 177 Å². The maximum atomic E-state index is 12.6. The number of unbranched alkanes of at least 4 members (excludes halogenated alkanes) is 2. The van der Waals surface area contributed by atoms with Crippen molar-refractivity contribution in [1.29, 1.82) is 0 Å². The molecule has 0 atom stereocenters. The number of benzene rings is 1. The SMILES string of the molecule is CCN(CC)C(=O)CCCCCN1C(=O)C(=Cc2ccc(OC)cc2)SC1=S. The van der Waals surface area contributed by atoms with E-state index in [1.165, 1.54) is 11.8 Å². The van der Waals surface area contributed by atoms with Crippen LogP contribution >= 0.6 is 24.0 Å². The number of thioether (sulfide) groups is 1. The molecular weight excluding hydrogens is 392 g/mol. The smallest absolute Gasteiger partial charge is 0.266 e. The molecule has 0 spiro atoms. The number of amides is 2. The van der Waals surface area contributed by atoms with Gasteiger partial charge >= 0.3 is 0 Å². The number of rotatable bonds is 10. The van der Waals surface area contributed by atoms with E-state index in [1.54, 1.807) is 12.0 Å². The second-order valence-corrected chi connectivity index (χ2v) is 8.16. The topological polar surface area (TPSA) is 49.9 Å². The third-order valence-corrected chi connectivity index (χ3v) is 6.05. The van der Waals surface area contributed by atoms with Crippen LogP contribution in [0.3, 0.4) is 0 Å². The Kier molecular flexibility index (Phi) is 8.99. The Bertz CT molecular complexity index is 728. The lowest BCUT2D eigenvalue weighted by Gasteiger charge is -2.18. The highest BCUT2D eigenvalue weighted by molar-refractivity contribution is 8.26. The summed E-state index contributed by atoms with van der Waals surface area (Å²) in [6.07, 6.45) is 5.01. The first-order valence-electron chi connectivity index (χ1n) is 9.67. The van der Waals surface area contributed by atoms with Gasteiger partial charge in [-0.05, 0) is 50.5 Å². The molecule has 5 nitrogen and oxygen atoms in total. The largest absolute Gasteiger partial charge is 0.497 e. The van der Waals surface area contributed by atoms with Gasteiger partial charge in [-0.25, -0.2) is 0 Å². The molecule has 0 unspecified atom stereocenters. The van der Waals surface area contributed by atoms with Crippen LogP contribution in [0.15, 0.2) is 29.2 Å². The summed E-state index contributed by atoms with van der Waals surface area (Å²) in [5, 5.41) is 0. The summed E-state index contributed by atoms with van der Waals surface area (Å²) in [6.45, 7) is 6.11. The maximum Gasteiger partial charge on any atom is 0.266 e. The standard InChI is InChI=1S/C21H28N2O3S2/c1-4-22(5-2)19(24)9-7-6-8-14-23-20(25)18(28-21(23)27)15-16-10-12-17(26-3)13-11-16/h10-13,15H,4-9,14H2,1-3H3. The molecule has 2 amide bonds. The predicted octanol–water partition coefficient (Wildman–Crippen LogP) is 4.33. The van der Waals surface area contributed by atoms with Crippen LogP contribution in [-0.4, -0.2) is 52.7 Å². The van der Waals surface area contributed by atoms with E-state index < -0.39 is 0 Å². The van der Waals surface area contributed by atoms with Gasteiger partial charge in [0.2, 0.25) is 5.91 Å². The van der Waals surface area contributed by atoms with E-state index in [9.17, 15) is 9.59 Å². The zero-order valence-corrected chi connectivity index (χ0v) is 18.4. The fourth-order valence-corrected chi connectivity index (χ4v) is 4.31. The van der Waals surface area contributed by atoms with Crippen LogP contribution in [0.2, 0.25) is 0 Å². The van der Waals surface area contributed by atoms with Crippen LogP contribution in [-0.2, 0) is 9.59 Å². The molecule has 1 aliphatic heterocycles. The van der Waals surface area contributed by atoms with Gasteiger partial charge in [0.25, 0.3) is 5.91 Å². The van der Waals surface area contributed by atoms with Gasteiger partial charge < -0.3 is 9.64 Å². The van der Waals surface area contributed by atoms with E-state index in [0.717, 1.165) is 43.7 Å². The monoisotopic (exact) mass is 420 g/mol. The summed E-state index contributed by atoms with van der Waals surface area (Å²) < 4.78 is 5.75. The lowest BCUT2D eigenvalue weighted by atomic mass is 10.1. The molecule has 1 saturated heterocycles. The number of methoxy groups -OCH3 is 1. The number of carbonyl (C=O) groups is 2. The van der Waals surface area contributed by atoms with Crippen LogP contribution < -0.4 is 4.74 Å². The summed E-state index contributed by atoms with van der Waals surface area (Å²) in [5.41, 5.74) is 0.941. The maximum absolute atomic E-state index is 12.6. The van der Waals surface area contributed by atoms with Gasteiger partial charge in [0.1, 0.15) is 10.1 Å². The Morgan fingerprint density at radius 2 is 1.86 bits per heavy atom. The molecule has 1 aromatic rings. The number of nitrogens with zero attached hydrogens (tertiary/aromatic N) is 2. The minimum atomic E-state index is -0.0370. The van der Waals surface area contributed by atoms with Crippen molar-refractivity contribution in [3.8, 4) is 5.75 Å². The van der Waals surface area contributed by atoms with Gasteiger partial charge in [0, 0.05) is 26.1 Å². The summed E-state index contributed by atoms with van der Waals surface area (Å²) in [6, 6.07) is 7.56. The molecule has 1 fully saturated rings. The zero-order chi connectivity index (χ0) is 20.5. The predicted molar refractivity (Wildman–Crippen MR) is 119 cm³/mol. The van der Waals surface area contributed by atoms with Gasteiger partial charge in [-0.15, -0.1) is 0 Å². The minimum Gasteiger partial charge on any atom is -0.497 e. The summed E-state index contributed by atoms with van der Waals surface area (Å²) in [4.78, 5) is 28.8. The fraction of sp³-hybridized carbons (Fsp3) is 0.476. The van der Waals surface area contributed by atoms with E-state index in [4.69, 9.17) is 17.0 Å². The highest BCUT2D eigenvalue weighted by Crippen LogP contribution is 2.33. The van der Waals surface area contributed by atoms with Crippen molar-refractivity contribution in [3.05, 3.63) is 34.7 Å². The summed E-state index contributed by atoms with van der Waals surface area (Å²) >= 11 is 6.72. The first-order chi connectivity index (χ1) is 13.5. The Morgan fingerprint density at radius 3 is 2.46 bits per heavy atom. The molecule has 1 aromatic carbocycles. The van der Waals surface area contributed by atoms with E-state index in [0.29, 0.717) is 22.2 Å². The first-order valence-corrected chi connectivity index (χ1v) is 10.9. The van der Waals surface area contributed by atoms with Crippen molar-refractivity contribution >= 4 is 46.2 Å². The van der Waals surface area contributed by atoms with E-state index in [2.05, 4.69) is 0 Å². The lowest BCUT2D eigenvalue weighted by Crippen LogP contribution is -2.30. The second-order valence-electron chi connectivity index (χ2n) is 6.48. The molecular formula is C21H28N2O3S2. The highest BCUT2D eigenvalue weighted by atomic mass is 32.2. The van der Waals surface area contributed by atoms with Crippen molar-refractivity contribution < 1.29 is 14.3 Å². The Balaban J connectivity index is 1.81. The van der Waals surface area contributed by atoms with Crippen LogP contribution in [0, 0.1) is 0 Å². The van der Waals surface area contributed by atoms with Crippen LogP contribution in [0.5, 0.6) is 5.75 Å². The van der Waals surface area contributed by atoms with Gasteiger partial charge in [-0.3, -0.25) is 14.5 Å². The molecule has 0 radical (unpaired) electrons. The average molecular weight is 421 g/mol. The molecule has 0 saturated carbocycles. The van der Waals surface area contributed by atoms with Crippen molar-refractivity contribution in [3.63, 3.8) is 0 Å². The Morgan fingerprint density at radius 1 is 1.18 bits per heavy atom. The van der Waals surface area contributed by atoms with E-state index in [-0.39, 0.29) is 11.8 Å². The molecule has 7 heteroatoms. The molecule has 1 heterocycles. The van der Waals surface area contributed by atoms with Crippen LogP contribution in [0.4, 0.5) is 0 Å². The average Bonchev–Trinajstić information content (AvgIpc) is 2.96. The van der Waals surface area contributed by atoms with Crippen molar-refractivity contribution in [2.45, 2.75) is 39.5 Å². The Hall–Kier alpha value is -1.86. The van der Waals surface area contributed by atoms with Crippen molar-refractivity contribution in [2.75, 3.05) is 26.7 Å². The van der Waals surface area contributed by atoms with Crippen LogP contribution in [0.25, 0.3) is 6.08 Å². The van der Waals surface area contributed by atoms with E-state index >= 15 is 0 Å². The normalized spacial score (nSPS) is 15.4. The van der Waals surface area contributed by atoms with Gasteiger partial charge in [0.15, 0.2) is 0 Å². The molecule has 152 valence electrons. The number of hydrogen-bond acceptors (Lipinski definition) is 5.